The zero-order valence-corrected chi connectivity index (χ0v) is 10.3. The normalized spacial score (nSPS) is 18.6. The summed E-state index contributed by atoms with van der Waals surface area (Å²) in [6, 6.07) is 4.49. The smallest absolute Gasteiger partial charge is 0.0221 e. The Labute approximate surface area is 94.2 Å². The molecule has 0 fully saturated rings. The van der Waals surface area contributed by atoms with Gasteiger partial charge in [-0.1, -0.05) is 47.5 Å². The van der Waals surface area contributed by atoms with Crippen molar-refractivity contribution in [2.75, 3.05) is 0 Å². The molecule has 0 heterocycles. The van der Waals surface area contributed by atoms with Crippen LogP contribution in [-0.4, -0.2) is 0 Å². The van der Waals surface area contributed by atoms with Crippen LogP contribution < -0.4 is 0 Å². The first-order valence-corrected chi connectivity index (χ1v) is 6.00. The zero-order chi connectivity index (χ0) is 10.1. The second-order valence-electron chi connectivity index (χ2n) is 4.00. The van der Waals surface area contributed by atoms with Gasteiger partial charge in [-0.3, -0.25) is 0 Å². The molecule has 0 amide bonds. The van der Waals surface area contributed by atoms with Crippen molar-refractivity contribution >= 4 is 22.0 Å². The number of aryl methyl sites for hydroxylation is 1. The SMILES string of the molecule is CCCC1C=Cc2cc(C)cc(Br)c21. The molecule has 0 saturated carbocycles. The lowest BCUT2D eigenvalue weighted by Gasteiger charge is -2.12. The van der Waals surface area contributed by atoms with E-state index in [4.69, 9.17) is 0 Å². The third-order valence-electron chi connectivity index (χ3n) is 2.78. The average Bonchev–Trinajstić information content (AvgIpc) is 2.49. The number of allylic oxidation sites excluding steroid dienone is 1. The maximum absolute atomic E-state index is 3.67. The van der Waals surface area contributed by atoms with E-state index in [1.54, 1.807) is 0 Å². The van der Waals surface area contributed by atoms with Crippen molar-refractivity contribution in [2.45, 2.75) is 32.6 Å². The molecule has 0 radical (unpaired) electrons. The number of benzene rings is 1. The van der Waals surface area contributed by atoms with Crippen LogP contribution in [0.15, 0.2) is 22.7 Å². The fraction of sp³-hybridized carbons (Fsp3) is 0.385. The van der Waals surface area contributed by atoms with Crippen molar-refractivity contribution < 1.29 is 0 Å². The van der Waals surface area contributed by atoms with Crippen molar-refractivity contribution in [3.63, 3.8) is 0 Å². The van der Waals surface area contributed by atoms with E-state index in [1.165, 1.54) is 34.0 Å². The maximum Gasteiger partial charge on any atom is 0.0221 e. The molecule has 0 bridgehead atoms. The topological polar surface area (TPSA) is 0 Å². The number of fused-ring (bicyclic) bond motifs is 1. The number of hydrogen-bond acceptors (Lipinski definition) is 0. The molecule has 0 N–H and O–H groups in total. The van der Waals surface area contributed by atoms with Crippen LogP contribution in [0.4, 0.5) is 0 Å². The minimum absolute atomic E-state index is 0.630. The molecule has 1 aliphatic carbocycles. The Bertz CT molecular complexity index is 377. The fourth-order valence-electron chi connectivity index (χ4n) is 2.18. The van der Waals surface area contributed by atoms with Gasteiger partial charge in [-0.25, -0.2) is 0 Å². The minimum Gasteiger partial charge on any atom is -0.0763 e. The molecular weight excluding hydrogens is 236 g/mol. The summed E-state index contributed by atoms with van der Waals surface area (Å²) in [6.07, 6.45) is 7.09. The van der Waals surface area contributed by atoms with E-state index in [1.807, 2.05) is 0 Å². The maximum atomic E-state index is 3.67. The van der Waals surface area contributed by atoms with Crippen molar-refractivity contribution in [3.8, 4) is 0 Å². The summed E-state index contributed by atoms with van der Waals surface area (Å²) >= 11 is 3.67. The van der Waals surface area contributed by atoms with Crippen LogP contribution in [0.2, 0.25) is 0 Å². The number of rotatable bonds is 2. The standard InChI is InChI=1S/C13H15Br/c1-3-4-10-5-6-11-7-9(2)8-12(14)13(10)11/h5-8,10H,3-4H2,1-2H3. The van der Waals surface area contributed by atoms with Gasteiger partial charge in [0.05, 0.1) is 0 Å². The predicted molar refractivity (Wildman–Crippen MR) is 65.6 cm³/mol. The summed E-state index contributed by atoms with van der Waals surface area (Å²) in [5.41, 5.74) is 4.21. The van der Waals surface area contributed by atoms with Gasteiger partial charge in [0, 0.05) is 10.4 Å². The highest BCUT2D eigenvalue weighted by Gasteiger charge is 2.19. The summed E-state index contributed by atoms with van der Waals surface area (Å²) in [5.74, 6) is 0.630. The molecule has 1 aliphatic rings. The summed E-state index contributed by atoms with van der Waals surface area (Å²) in [5, 5.41) is 0. The lowest BCUT2D eigenvalue weighted by Crippen LogP contribution is -1.94. The van der Waals surface area contributed by atoms with Crippen molar-refractivity contribution in [1.82, 2.24) is 0 Å². The molecule has 0 aromatic heterocycles. The van der Waals surface area contributed by atoms with E-state index in [0.29, 0.717) is 5.92 Å². The van der Waals surface area contributed by atoms with Gasteiger partial charge in [-0.05, 0) is 36.1 Å². The highest BCUT2D eigenvalue weighted by Crippen LogP contribution is 2.38. The number of hydrogen-bond donors (Lipinski definition) is 0. The summed E-state index contributed by atoms with van der Waals surface area (Å²) in [7, 11) is 0. The predicted octanol–water partition coefficient (Wildman–Crippen LogP) is 4.67. The van der Waals surface area contributed by atoms with Crippen LogP contribution >= 0.6 is 15.9 Å². The van der Waals surface area contributed by atoms with Gasteiger partial charge in [0.15, 0.2) is 0 Å². The van der Waals surface area contributed by atoms with Gasteiger partial charge in [0.2, 0.25) is 0 Å². The second kappa shape index (κ2) is 3.90. The largest absolute Gasteiger partial charge is 0.0763 e. The fourth-order valence-corrected chi connectivity index (χ4v) is 3.06. The van der Waals surface area contributed by atoms with E-state index >= 15 is 0 Å². The van der Waals surface area contributed by atoms with Gasteiger partial charge in [0.25, 0.3) is 0 Å². The molecule has 1 atom stereocenters. The Morgan fingerprint density at radius 2 is 2.14 bits per heavy atom. The second-order valence-corrected chi connectivity index (χ2v) is 4.86. The molecular formula is C13H15Br. The molecule has 0 nitrogen and oxygen atoms in total. The molecule has 1 aromatic rings. The quantitative estimate of drug-likeness (QED) is 0.716. The van der Waals surface area contributed by atoms with Crippen molar-refractivity contribution in [2.24, 2.45) is 0 Å². The highest BCUT2D eigenvalue weighted by atomic mass is 79.9. The van der Waals surface area contributed by atoms with Gasteiger partial charge in [0.1, 0.15) is 0 Å². The first kappa shape index (κ1) is 9.97. The van der Waals surface area contributed by atoms with Gasteiger partial charge < -0.3 is 0 Å². The Balaban J connectivity index is 2.43. The molecule has 2 rings (SSSR count). The molecule has 0 aliphatic heterocycles. The molecule has 0 saturated heterocycles. The van der Waals surface area contributed by atoms with Gasteiger partial charge in [-0.15, -0.1) is 0 Å². The third kappa shape index (κ3) is 1.66. The molecule has 1 unspecified atom stereocenters. The van der Waals surface area contributed by atoms with Crippen LogP contribution in [0.1, 0.15) is 42.4 Å². The molecule has 1 aromatic carbocycles. The Morgan fingerprint density at radius 1 is 1.36 bits per heavy atom. The zero-order valence-electron chi connectivity index (χ0n) is 8.68. The minimum atomic E-state index is 0.630. The highest BCUT2D eigenvalue weighted by molar-refractivity contribution is 9.10. The van der Waals surface area contributed by atoms with E-state index < -0.39 is 0 Å². The molecule has 74 valence electrons. The van der Waals surface area contributed by atoms with Crippen LogP contribution in [0, 0.1) is 6.92 Å². The van der Waals surface area contributed by atoms with Gasteiger partial charge in [-0.2, -0.15) is 0 Å². The summed E-state index contributed by atoms with van der Waals surface area (Å²) < 4.78 is 1.27. The molecule has 14 heavy (non-hydrogen) atoms. The van der Waals surface area contributed by atoms with E-state index in [-0.39, 0.29) is 0 Å². The average molecular weight is 251 g/mol. The van der Waals surface area contributed by atoms with E-state index in [2.05, 4.69) is 54.1 Å². The molecule has 1 heteroatoms. The summed E-state index contributed by atoms with van der Waals surface area (Å²) in [6.45, 7) is 4.39. The lowest BCUT2D eigenvalue weighted by atomic mass is 9.95. The van der Waals surface area contributed by atoms with Crippen molar-refractivity contribution in [1.29, 1.82) is 0 Å². The number of halogens is 1. The van der Waals surface area contributed by atoms with Crippen LogP contribution in [0.5, 0.6) is 0 Å². The van der Waals surface area contributed by atoms with Crippen LogP contribution in [0.3, 0.4) is 0 Å². The summed E-state index contributed by atoms with van der Waals surface area (Å²) in [4.78, 5) is 0. The van der Waals surface area contributed by atoms with Crippen molar-refractivity contribution in [3.05, 3.63) is 39.4 Å². The third-order valence-corrected chi connectivity index (χ3v) is 3.44. The van der Waals surface area contributed by atoms with Crippen LogP contribution in [-0.2, 0) is 0 Å². The first-order chi connectivity index (χ1) is 6.72. The van der Waals surface area contributed by atoms with E-state index in [0.717, 1.165) is 0 Å². The van der Waals surface area contributed by atoms with E-state index in [9.17, 15) is 0 Å². The first-order valence-electron chi connectivity index (χ1n) is 5.20. The Kier molecular flexibility index (Phi) is 2.78. The lowest BCUT2D eigenvalue weighted by molar-refractivity contribution is 0.723. The molecule has 0 spiro atoms. The van der Waals surface area contributed by atoms with Gasteiger partial charge >= 0.3 is 0 Å². The Morgan fingerprint density at radius 3 is 2.86 bits per heavy atom. The Hall–Kier alpha value is -0.560. The monoisotopic (exact) mass is 250 g/mol. The van der Waals surface area contributed by atoms with Crippen LogP contribution in [0.25, 0.3) is 6.08 Å².